The van der Waals surface area contributed by atoms with Gasteiger partial charge < -0.3 is 5.32 Å². The molecule has 0 atom stereocenters. The van der Waals surface area contributed by atoms with E-state index in [9.17, 15) is 8.78 Å². The molecule has 1 aromatic carbocycles. The van der Waals surface area contributed by atoms with E-state index in [1.165, 1.54) is 23.5 Å². The second kappa shape index (κ2) is 6.02. The quantitative estimate of drug-likeness (QED) is 0.901. The van der Waals surface area contributed by atoms with Crippen LogP contribution in [0.3, 0.4) is 0 Å². The van der Waals surface area contributed by atoms with E-state index in [0.29, 0.717) is 12.0 Å². The average Bonchev–Trinajstić information content (AvgIpc) is 2.78. The van der Waals surface area contributed by atoms with Crippen LogP contribution in [0.2, 0.25) is 0 Å². The van der Waals surface area contributed by atoms with Gasteiger partial charge in [0.2, 0.25) is 0 Å². The SMILES string of the molecule is CCNCc1csc(Cc2ccc(F)cc2F)n1. The maximum Gasteiger partial charge on any atom is 0.129 e. The molecule has 0 aliphatic carbocycles. The van der Waals surface area contributed by atoms with E-state index < -0.39 is 11.6 Å². The summed E-state index contributed by atoms with van der Waals surface area (Å²) in [6, 6.07) is 3.64. The van der Waals surface area contributed by atoms with Gasteiger partial charge in [-0.1, -0.05) is 13.0 Å². The molecular weight excluding hydrogens is 254 g/mol. The van der Waals surface area contributed by atoms with Crippen molar-refractivity contribution in [2.45, 2.75) is 19.9 Å². The molecule has 0 aliphatic rings. The molecule has 5 heteroatoms. The topological polar surface area (TPSA) is 24.9 Å². The third-order valence-corrected chi connectivity index (χ3v) is 3.41. The van der Waals surface area contributed by atoms with Crippen molar-refractivity contribution in [2.24, 2.45) is 0 Å². The van der Waals surface area contributed by atoms with Crippen molar-refractivity contribution in [2.75, 3.05) is 6.54 Å². The molecule has 0 bridgehead atoms. The molecule has 0 saturated heterocycles. The van der Waals surface area contributed by atoms with E-state index in [-0.39, 0.29) is 0 Å². The molecule has 2 rings (SSSR count). The number of thiazole rings is 1. The highest BCUT2D eigenvalue weighted by atomic mass is 32.1. The Balaban J connectivity index is 2.06. The maximum atomic E-state index is 13.5. The van der Waals surface area contributed by atoms with Crippen LogP contribution in [0.1, 0.15) is 23.2 Å². The van der Waals surface area contributed by atoms with Gasteiger partial charge in [0.05, 0.1) is 10.7 Å². The zero-order valence-corrected chi connectivity index (χ0v) is 10.9. The zero-order chi connectivity index (χ0) is 13.0. The molecule has 0 spiro atoms. The molecule has 1 heterocycles. The van der Waals surface area contributed by atoms with Crippen molar-refractivity contribution >= 4 is 11.3 Å². The summed E-state index contributed by atoms with van der Waals surface area (Å²) in [6.07, 6.45) is 0.406. The highest BCUT2D eigenvalue weighted by molar-refractivity contribution is 7.09. The predicted molar refractivity (Wildman–Crippen MR) is 68.7 cm³/mol. The molecule has 2 aromatic rings. The highest BCUT2D eigenvalue weighted by Crippen LogP contribution is 2.17. The number of hydrogen-bond donors (Lipinski definition) is 1. The maximum absolute atomic E-state index is 13.5. The lowest BCUT2D eigenvalue weighted by Crippen LogP contribution is -2.11. The molecule has 96 valence electrons. The second-order valence-corrected chi connectivity index (χ2v) is 4.87. The summed E-state index contributed by atoms with van der Waals surface area (Å²) in [6.45, 7) is 3.64. The van der Waals surface area contributed by atoms with Crippen molar-refractivity contribution in [3.05, 3.63) is 51.5 Å². The third-order valence-electron chi connectivity index (χ3n) is 2.51. The Morgan fingerprint density at radius 3 is 2.89 bits per heavy atom. The molecular formula is C13H14F2N2S. The van der Waals surface area contributed by atoms with Crippen LogP contribution in [0, 0.1) is 11.6 Å². The van der Waals surface area contributed by atoms with E-state index >= 15 is 0 Å². The van der Waals surface area contributed by atoms with Gasteiger partial charge in [-0.3, -0.25) is 0 Å². The van der Waals surface area contributed by atoms with Crippen LogP contribution < -0.4 is 5.32 Å². The van der Waals surface area contributed by atoms with Crippen LogP contribution in [0.25, 0.3) is 0 Å². The molecule has 0 saturated carbocycles. The summed E-state index contributed by atoms with van der Waals surface area (Å²) in [4.78, 5) is 4.40. The van der Waals surface area contributed by atoms with Crippen molar-refractivity contribution < 1.29 is 8.78 Å². The Bertz CT molecular complexity index is 525. The molecule has 1 N–H and O–H groups in total. The first-order valence-corrected chi connectivity index (χ1v) is 6.65. The summed E-state index contributed by atoms with van der Waals surface area (Å²) in [7, 11) is 0. The van der Waals surface area contributed by atoms with Crippen LogP contribution in [0.4, 0.5) is 8.78 Å². The number of hydrogen-bond acceptors (Lipinski definition) is 3. The third kappa shape index (κ3) is 3.34. The van der Waals surface area contributed by atoms with Gasteiger partial charge in [0.15, 0.2) is 0 Å². The fourth-order valence-electron chi connectivity index (χ4n) is 1.59. The lowest BCUT2D eigenvalue weighted by atomic mass is 10.1. The van der Waals surface area contributed by atoms with Crippen molar-refractivity contribution in [3.63, 3.8) is 0 Å². The molecule has 0 aliphatic heterocycles. The highest BCUT2D eigenvalue weighted by Gasteiger charge is 2.08. The van der Waals surface area contributed by atoms with E-state index in [4.69, 9.17) is 0 Å². The minimum Gasteiger partial charge on any atom is -0.311 e. The minimum atomic E-state index is -0.553. The monoisotopic (exact) mass is 268 g/mol. The Kier molecular flexibility index (Phi) is 4.38. The van der Waals surface area contributed by atoms with Crippen molar-refractivity contribution in [1.82, 2.24) is 10.3 Å². The smallest absolute Gasteiger partial charge is 0.129 e. The Morgan fingerprint density at radius 1 is 1.33 bits per heavy atom. The standard InChI is InChI=1S/C13H14F2N2S/c1-2-16-7-11-8-18-13(17-11)5-9-3-4-10(14)6-12(9)15/h3-4,6,8,16H,2,5,7H2,1H3. The number of benzene rings is 1. The first-order chi connectivity index (χ1) is 8.69. The molecule has 2 nitrogen and oxygen atoms in total. The first kappa shape index (κ1) is 13.1. The second-order valence-electron chi connectivity index (χ2n) is 3.93. The lowest BCUT2D eigenvalue weighted by Gasteiger charge is -2.00. The number of rotatable bonds is 5. The van der Waals surface area contributed by atoms with Crippen LogP contribution in [-0.2, 0) is 13.0 Å². The van der Waals surface area contributed by atoms with E-state index in [2.05, 4.69) is 10.3 Å². The Labute approximate surface area is 109 Å². The zero-order valence-electron chi connectivity index (χ0n) is 10.0. The normalized spacial score (nSPS) is 10.8. The van der Waals surface area contributed by atoms with Gasteiger partial charge in [0, 0.05) is 24.4 Å². The summed E-state index contributed by atoms with van der Waals surface area (Å²) in [5.41, 5.74) is 1.43. The molecule has 0 amide bonds. The first-order valence-electron chi connectivity index (χ1n) is 5.77. The Morgan fingerprint density at radius 2 is 2.17 bits per heavy atom. The number of nitrogens with one attached hydrogen (secondary N) is 1. The summed E-state index contributed by atoms with van der Waals surface area (Å²) in [5.74, 6) is -1.07. The van der Waals surface area contributed by atoms with Gasteiger partial charge in [0.1, 0.15) is 11.6 Å². The molecule has 0 unspecified atom stereocenters. The fourth-order valence-corrected chi connectivity index (χ4v) is 2.41. The van der Waals surface area contributed by atoms with Crippen molar-refractivity contribution in [1.29, 1.82) is 0 Å². The van der Waals surface area contributed by atoms with Crippen LogP contribution in [0.5, 0.6) is 0 Å². The van der Waals surface area contributed by atoms with Gasteiger partial charge in [-0.2, -0.15) is 0 Å². The molecule has 0 fully saturated rings. The number of aromatic nitrogens is 1. The minimum absolute atomic E-state index is 0.406. The number of halogens is 2. The average molecular weight is 268 g/mol. The summed E-state index contributed by atoms with van der Waals surface area (Å²) < 4.78 is 26.2. The number of nitrogens with zero attached hydrogens (tertiary/aromatic N) is 1. The predicted octanol–water partition coefficient (Wildman–Crippen LogP) is 3.12. The van der Waals surface area contributed by atoms with Gasteiger partial charge in [-0.05, 0) is 18.2 Å². The molecule has 1 aromatic heterocycles. The van der Waals surface area contributed by atoms with Gasteiger partial charge in [-0.25, -0.2) is 13.8 Å². The van der Waals surface area contributed by atoms with Gasteiger partial charge >= 0.3 is 0 Å². The van der Waals surface area contributed by atoms with Gasteiger partial charge in [0.25, 0.3) is 0 Å². The largest absolute Gasteiger partial charge is 0.311 e. The van der Waals surface area contributed by atoms with Crippen LogP contribution >= 0.6 is 11.3 Å². The van der Waals surface area contributed by atoms with E-state index in [1.54, 1.807) is 0 Å². The van der Waals surface area contributed by atoms with Crippen LogP contribution in [-0.4, -0.2) is 11.5 Å². The van der Waals surface area contributed by atoms with Crippen molar-refractivity contribution in [3.8, 4) is 0 Å². The summed E-state index contributed by atoms with van der Waals surface area (Å²) >= 11 is 1.50. The lowest BCUT2D eigenvalue weighted by molar-refractivity contribution is 0.574. The molecule has 18 heavy (non-hydrogen) atoms. The van der Waals surface area contributed by atoms with Gasteiger partial charge in [-0.15, -0.1) is 11.3 Å². The molecule has 0 radical (unpaired) electrons. The Hall–Kier alpha value is -1.33. The summed E-state index contributed by atoms with van der Waals surface area (Å²) in [5, 5.41) is 5.98. The van der Waals surface area contributed by atoms with Crippen LogP contribution in [0.15, 0.2) is 23.6 Å². The van der Waals surface area contributed by atoms with E-state index in [1.807, 2.05) is 12.3 Å². The fraction of sp³-hybridized carbons (Fsp3) is 0.308. The van der Waals surface area contributed by atoms with E-state index in [0.717, 1.165) is 29.9 Å².